The molecule has 106 valence electrons. The van der Waals surface area contributed by atoms with Crippen molar-refractivity contribution < 1.29 is 4.79 Å². The van der Waals surface area contributed by atoms with E-state index in [9.17, 15) is 4.79 Å². The van der Waals surface area contributed by atoms with Gasteiger partial charge in [0, 0.05) is 19.1 Å². The minimum Gasteiger partial charge on any atom is -0.334 e. The summed E-state index contributed by atoms with van der Waals surface area (Å²) in [5.41, 5.74) is 7.19. The molecule has 1 aromatic heterocycles. The molecule has 1 saturated carbocycles. The van der Waals surface area contributed by atoms with Crippen molar-refractivity contribution in [2.75, 3.05) is 13.1 Å². The zero-order valence-corrected chi connectivity index (χ0v) is 11.9. The van der Waals surface area contributed by atoms with Crippen molar-refractivity contribution in [3.63, 3.8) is 0 Å². The number of amides is 1. The Morgan fingerprint density at radius 1 is 1.58 bits per heavy atom. The van der Waals surface area contributed by atoms with Gasteiger partial charge in [0.05, 0.1) is 5.69 Å². The molecule has 0 atom stereocenters. The van der Waals surface area contributed by atoms with Crippen LogP contribution < -0.4 is 5.73 Å². The first-order valence-electron chi connectivity index (χ1n) is 7.22. The summed E-state index contributed by atoms with van der Waals surface area (Å²) in [6, 6.07) is 2.29. The molecular formula is C14H24N4O. The lowest BCUT2D eigenvalue weighted by molar-refractivity contribution is 0.0566. The summed E-state index contributed by atoms with van der Waals surface area (Å²) in [4.78, 5) is 14.7. The van der Waals surface area contributed by atoms with Crippen LogP contribution >= 0.6 is 0 Å². The van der Waals surface area contributed by atoms with Crippen LogP contribution in [0.2, 0.25) is 0 Å². The summed E-state index contributed by atoms with van der Waals surface area (Å²) in [6.07, 6.45) is 4.33. The van der Waals surface area contributed by atoms with Gasteiger partial charge < -0.3 is 10.6 Å². The van der Waals surface area contributed by atoms with Crippen LogP contribution in [0.1, 0.15) is 48.8 Å². The van der Waals surface area contributed by atoms with E-state index in [0.29, 0.717) is 18.3 Å². The molecule has 1 aromatic rings. The molecule has 0 saturated heterocycles. The third kappa shape index (κ3) is 2.97. The minimum absolute atomic E-state index is 0.112. The molecule has 2 rings (SSSR count). The van der Waals surface area contributed by atoms with Crippen molar-refractivity contribution in [2.24, 2.45) is 5.73 Å². The fraction of sp³-hybridized carbons (Fsp3) is 0.714. The molecule has 0 spiro atoms. The second-order valence-electron chi connectivity index (χ2n) is 5.21. The molecule has 2 N–H and O–H groups in total. The van der Waals surface area contributed by atoms with E-state index >= 15 is 0 Å². The molecule has 1 heterocycles. The first kappa shape index (κ1) is 14.1. The smallest absolute Gasteiger partial charge is 0.272 e. The van der Waals surface area contributed by atoms with Crippen molar-refractivity contribution in [2.45, 2.75) is 52.1 Å². The molecule has 0 aliphatic heterocycles. The Kier molecular flexibility index (Phi) is 4.58. The number of rotatable bonds is 6. The number of carbonyl (C=O) groups excluding carboxylic acids is 1. The van der Waals surface area contributed by atoms with E-state index in [1.54, 1.807) is 4.68 Å². The van der Waals surface area contributed by atoms with E-state index < -0.39 is 0 Å². The number of carbonyl (C=O) groups is 1. The maximum absolute atomic E-state index is 12.7. The molecule has 5 heteroatoms. The zero-order valence-electron chi connectivity index (χ0n) is 11.9. The van der Waals surface area contributed by atoms with Crippen LogP contribution in [-0.4, -0.2) is 39.7 Å². The Morgan fingerprint density at radius 3 is 2.84 bits per heavy atom. The highest BCUT2D eigenvalue weighted by Gasteiger charge is 2.30. The monoisotopic (exact) mass is 264 g/mol. The third-order valence-electron chi connectivity index (χ3n) is 3.80. The van der Waals surface area contributed by atoms with Gasteiger partial charge in [0.2, 0.25) is 0 Å². The first-order valence-corrected chi connectivity index (χ1v) is 7.22. The summed E-state index contributed by atoms with van der Waals surface area (Å²) in [5.74, 6) is 0.112. The number of hydrogen-bond acceptors (Lipinski definition) is 3. The molecule has 0 unspecified atom stereocenters. The summed E-state index contributed by atoms with van der Waals surface area (Å²) in [5, 5.41) is 4.36. The van der Waals surface area contributed by atoms with Gasteiger partial charge >= 0.3 is 0 Å². The van der Waals surface area contributed by atoms with Crippen molar-refractivity contribution in [3.05, 3.63) is 17.5 Å². The Hall–Kier alpha value is -1.36. The van der Waals surface area contributed by atoms with Crippen molar-refractivity contribution in [1.29, 1.82) is 0 Å². The van der Waals surface area contributed by atoms with Crippen LogP contribution in [0, 0.1) is 6.92 Å². The van der Waals surface area contributed by atoms with Crippen LogP contribution in [-0.2, 0) is 6.54 Å². The molecular weight excluding hydrogens is 240 g/mol. The van der Waals surface area contributed by atoms with E-state index in [4.69, 9.17) is 5.73 Å². The Morgan fingerprint density at radius 2 is 2.32 bits per heavy atom. The van der Waals surface area contributed by atoms with Crippen molar-refractivity contribution >= 4 is 5.91 Å². The summed E-state index contributed by atoms with van der Waals surface area (Å²) in [6.45, 7) is 6.05. The van der Waals surface area contributed by atoms with Gasteiger partial charge in [-0.05, 0) is 52.1 Å². The van der Waals surface area contributed by atoms with E-state index in [2.05, 4.69) is 5.10 Å². The SMILES string of the molecule is CCn1nc(C)cc1C(=O)N(CCCN)C1CCC1. The van der Waals surface area contributed by atoms with Crippen molar-refractivity contribution in [3.8, 4) is 0 Å². The fourth-order valence-corrected chi connectivity index (χ4v) is 2.52. The van der Waals surface area contributed by atoms with Gasteiger partial charge in [0.15, 0.2) is 0 Å². The molecule has 1 aliphatic carbocycles. The highest BCUT2D eigenvalue weighted by molar-refractivity contribution is 5.93. The van der Waals surface area contributed by atoms with Gasteiger partial charge in [0.25, 0.3) is 5.91 Å². The van der Waals surface area contributed by atoms with Gasteiger partial charge in [-0.25, -0.2) is 0 Å². The lowest BCUT2D eigenvalue weighted by Crippen LogP contribution is -2.45. The standard InChI is InChI=1S/C14H24N4O/c1-3-18-13(10-11(2)16-18)14(19)17(9-5-8-15)12-6-4-7-12/h10,12H,3-9,15H2,1-2H3. The topological polar surface area (TPSA) is 64.2 Å². The molecule has 5 nitrogen and oxygen atoms in total. The second kappa shape index (κ2) is 6.19. The van der Waals surface area contributed by atoms with Gasteiger partial charge in [-0.1, -0.05) is 0 Å². The van der Waals surface area contributed by atoms with Gasteiger partial charge in [-0.15, -0.1) is 0 Å². The lowest BCUT2D eigenvalue weighted by atomic mass is 9.91. The largest absolute Gasteiger partial charge is 0.334 e. The predicted octanol–water partition coefficient (Wildman–Crippen LogP) is 1.55. The van der Waals surface area contributed by atoms with Crippen LogP contribution in [0.5, 0.6) is 0 Å². The number of aryl methyl sites for hydroxylation is 2. The first-order chi connectivity index (χ1) is 9.17. The molecule has 19 heavy (non-hydrogen) atoms. The summed E-state index contributed by atoms with van der Waals surface area (Å²) < 4.78 is 1.80. The maximum Gasteiger partial charge on any atom is 0.272 e. The highest BCUT2D eigenvalue weighted by atomic mass is 16.2. The maximum atomic E-state index is 12.7. The fourth-order valence-electron chi connectivity index (χ4n) is 2.52. The van der Waals surface area contributed by atoms with Gasteiger partial charge in [-0.2, -0.15) is 5.10 Å². The van der Waals surface area contributed by atoms with Gasteiger partial charge in [-0.3, -0.25) is 9.48 Å². The molecule has 0 radical (unpaired) electrons. The Bertz CT molecular complexity index is 437. The number of aromatic nitrogens is 2. The summed E-state index contributed by atoms with van der Waals surface area (Å²) >= 11 is 0. The second-order valence-corrected chi connectivity index (χ2v) is 5.21. The summed E-state index contributed by atoms with van der Waals surface area (Å²) in [7, 11) is 0. The van der Waals surface area contributed by atoms with E-state index in [0.717, 1.165) is 38.0 Å². The molecule has 1 aliphatic rings. The molecule has 0 bridgehead atoms. The average Bonchev–Trinajstić information content (AvgIpc) is 2.72. The Balaban J connectivity index is 2.17. The highest BCUT2D eigenvalue weighted by Crippen LogP contribution is 2.26. The number of nitrogens with zero attached hydrogens (tertiary/aromatic N) is 3. The lowest BCUT2D eigenvalue weighted by Gasteiger charge is -2.37. The van der Waals surface area contributed by atoms with E-state index in [-0.39, 0.29) is 5.91 Å². The van der Waals surface area contributed by atoms with Crippen LogP contribution in [0.4, 0.5) is 0 Å². The quantitative estimate of drug-likeness (QED) is 0.848. The van der Waals surface area contributed by atoms with E-state index in [1.807, 2.05) is 24.8 Å². The number of hydrogen-bond donors (Lipinski definition) is 1. The third-order valence-corrected chi connectivity index (χ3v) is 3.80. The van der Waals surface area contributed by atoms with Crippen LogP contribution in [0.3, 0.4) is 0 Å². The van der Waals surface area contributed by atoms with Crippen LogP contribution in [0.25, 0.3) is 0 Å². The molecule has 0 aromatic carbocycles. The minimum atomic E-state index is 0.112. The Labute approximate surface area is 114 Å². The normalized spacial score (nSPS) is 15.3. The number of nitrogens with two attached hydrogens (primary N) is 1. The van der Waals surface area contributed by atoms with Crippen molar-refractivity contribution in [1.82, 2.24) is 14.7 Å². The van der Waals surface area contributed by atoms with E-state index in [1.165, 1.54) is 6.42 Å². The van der Waals surface area contributed by atoms with Crippen LogP contribution in [0.15, 0.2) is 6.07 Å². The molecule has 1 amide bonds. The zero-order chi connectivity index (χ0) is 13.8. The molecule has 1 fully saturated rings. The van der Waals surface area contributed by atoms with Gasteiger partial charge in [0.1, 0.15) is 5.69 Å². The average molecular weight is 264 g/mol. The predicted molar refractivity (Wildman–Crippen MR) is 75.0 cm³/mol.